The fourth-order valence-electron chi connectivity index (χ4n) is 3.30. The normalized spacial score (nSPS) is 27.3. The molecule has 1 aliphatic carbocycles. The van der Waals surface area contributed by atoms with Crippen LogP contribution < -0.4 is 10.6 Å². The molecule has 1 fully saturated rings. The summed E-state index contributed by atoms with van der Waals surface area (Å²) in [4.78, 5) is 22.3. The first-order valence-electron chi connectivity index (χ1n) is 7.33. The highest BCUT2D eigenvalue weighted by Crippen LogP contribution is 2.38. The summed E-state index contributed by atoms with van der Waals surface area (Å²) in [6.45, 7) is 4.39. The number of nitrogens with zero attached hydrogens (tertiary/aromatic N) is 1. The fraction of sp³-hybridized carbons (Fsp3) is 0.533. The molecule has 21 heavy (non-hydrogen) atoms. The van der Waals surface area contributed by atoms with Gasteiger partial charge in [0, 0.05) is 17.8 Å². The van der Waals surface area contributed by atoms with Crippen LogP contribution in [0, 0.1) is 22.0 Å². The number of carbonyl (C=O) groups is 1. The maximum atomic E-state index is 11.4. The van der Waals surface area contributed by atoms with Crippen LogP contribution in [0.15, 0.2) is 12.1 Å². The van der Waals surface area contributed by atoms with Crippen molar-refractivity contribution in [2.45, 2.75) is 39.2 Å². The Morgan fingerprint density at radius 3 is 2.71 bits per heavy atom. The van der Waals surface area contributed by atoms with E-state index in [4.69, 9.17) is 0 Å². The molecule has 0 bridgehead atoms. The molecule has 0 spiro atoms. The molecule has 2 N–H and O–H groups in total. The lowest BCUT2D eigenvalue weighted by atomic mass is 9.97. The maximum Gasteiger partial charge on any atom is 0.292 e. The number of nitrogens with one attached hydrogen (secondary N) is 2. The van der Waals surface area contributed by atoms with Gasteiger partial charge in [-0.1, -0.05) is 13.8 Å². The number of hydrogen-bond donors (Lipinski definition) is 2. The standard InChI is InChI=1S/C15H19N3O3/c1-8-3-4-11(9(8)2)16-13-7-12-10(6-15(19)17-12)5-14(13)18(20)21/h5,7-9,11,16H,3-4,6H2,1-2H3,(H,17,19). The summed E-state index contributed by atoms with van der Waals surface area (Å²) < 4.78 is 0. The van der Waals surface area contributed by atoms with Crippen molar-refractivity contribution in [3.05, 3.63) is 27.8 Å². The minimum atomic E-state index is -0.380. The third-order valence-corrected chi connectivity index (χ3v) is 4.85. The number of carbonyl (C=O) groups excluding carboxylic acids is 1. The van der Waals surface area contributed by atoms with Crippen LogP contribution in [0.5, 0.6) is 0 Å². The topological polar surface area (TPSA) is 84.3 Å². The average molecular weight is 289 g/mol. The van der Waals surface area contributed by atoms with Crippen molar-refractivity contribution in [1.82, 2.24) is 0 Å². The monoisotopic (exact) mass is 289 g/mol. The van der Waals surface area contributed by atoms with Crippen LogP contribution in [-0.4, -0.2) is 16.9 Å². The van der Waals surface area contributed by atoms with E-state index >= 15 is 0 Å². The highest BCUT2D eigenvalue weighted by Gasteiger charge is 2.32. The Kier molecular flexibility index (Phi) is 3.31. The predicted octanol–water partition coefficient (Wildman–Crippen LogP) is 2.94. The van der Waals surface area contributed by atoms with E-state index in [1.165, 1.54) is 6.07 Å². The number of fused-ring (bicyclic) bond motifs is 1. The van der Waals surface area contributed by atoms with Crippen molar-refractivity contribution in [3.63, 3.8) is 0 Å². The van der Waals surface area contributed by atoms with Gasteiger partial charge in [-0.2, -0.15) is 0 Å². The quantitative estimate of drug-likeness (QED) is 0.662. The van der Waals surface area contributed by atoms with Gasteiger partial charge in [-0.15, -0.1) is 0 Å². The highest BCUT2D eigenvalue weighted by molar-refractivity contribution is 6.00. The van der Waals surface area contributed by atoms with Gasteiger partial charge in [0.1, 0.15) is 5.69 Å². The van der Waals surface area contributed by atoms with Crippen molar-refractivity contribution in [2.75, 3.05) is 10.6 Å². The molecule has 3 unspecified atom stereocenters. The molecule has 1 aromatic carbocycles. The van der Waals surface area contributed by atoms with Crippen LogP contribution in [0.3, 0.4) is 0 Å². The van der Waals surface area contributed by atoms with Crippen molar-refractivity contribution >= 4 is 23.0 Å². The van der Waals surface area contributed by atoms with Gasteiger partial charge in [0.2, 0.25) is 5.91 Å². The molecule has 112 valence electrons. The van der Waals surface area contributed by atoms with E-state index in [0.29, 0.717) is 28.8 Å². The molecule has 0 radical (unpaired) electrons. The summed E-state index contributed by atoms with van der Waals surface area (Å²) in [6, 6.07) is 3.46. The second kappa shape index (κ2) is 5.02. The Balaban J connectivity index is 1.92. The molecule has 1 heterocycles. The lowest BCUT2D eigenvalue weighted by Crippen LogP contribution is -2.24. The fourth-order valence-corrected chi connectivity index (χ4v) is 3.30. The molecule has 3 rings (SSSR count). The van der Waals surface area contributed by atoms with E-state index in [-0.39, 0.29) is 29.0 Å². The third-order valence-electron chi connectivity index (χ3n) is 4.85. The summed E-state index contributed by atoms with van der Waals surface area (Å²) in [5, 5.41) is 17.4. The number of amides is 1. The Hall–Kier alpha value is -2.11. The zero-order valence-corrected chi connectivity index (χ0v) is 12.2. The van der Waals surface area contributed by atoms with Gasteiger partial charge in [0.25, 0.3) is 5.69 Å². The van der Waals surface area contributed by atoms with Gasteiger partial charge < -0.3 is 10.6 Å². The van der Waals surface area contributed by atoms with Crippen molar-refractivity contribution < 1.29 is 9.72 Å². The van der Waals surface area contributed by atoms with Crippen molar-refractivity contribution in [3.8, 4) is 0 Å². The first kappa shape index (κ1) is 13.9. The molecule has 0 aromatic heterocycles. The summed E-state index contributed by atoms with van der Waals surface area (Å²) in [5.74, 6) is 0.988. The molecule has 6 heteroatoms. The molecule has 1 amide bonds. The van der Waals surface area contributed by atoms with Crippen LogP contribution in [0.2, 0.25) is 0 Å². The number of rotatable bonds is 3. The largest absolute Gasteiger partial charge is 0.376 e. The van der Waals surface area contributed by atoms with Crippen molar-refractivity contribution in [1.29, 1.82) is 0 Å². The summed E-state index contributed by atoms with van der Waals surface area (Å²) >= 11 is 0. The first-order valence-corrected chi connectivity index (χ1v) is 7.33. The van der Waals surface area contributed by atoms with Gasteiger partial charge in [-0.05, 0) is 36.3 Å². The summed E-state index contributed by atoms with van der Waals surface area (Å²) in [5.41, 5.74) is 1.95. The molecule has 2 aliphatic rings. The Labute approximate surface area is 123 Å². The number of hydrogen-bond acceptors (Lipinski definition) is 4. The number of nitro benzene ring substituents is 1. The number of nitro groups is 1. The molecule has 1 aromatic rings. The summed E-state index contributed by atoms with van der Waals surface area (Å²) in [6.07, 6.45) is 2.37. The second-order valence-corrected chi connectivity index (χ2v) is 6.17. The lowest BCUT2D eigenvalue weighted by molar-refractivity contribution is -0.384. The molecule has 1 saturated carbocycles. The summed E-state index contributed by atoms with van der Waals surface area (Å²) in [7, 11) is 0. The molecule has 6 nitrogen and oxygen atoms in total. The van der Waals surface area contributed by atoms with Crippen LogP contribution in [0.1, 0.15) is 32.3 Å². The second-order valence-electron chi connectivity index (χ2n) is 6.17. The number of anilines is 2. The van der Waals surface area contributed by atoms with E-state index in [1.807, 2.05) is 0 Å². The SMILES string of the molecule is CC1CCC(Nc2cc3c(cc2[N+](=O)[O-])CC(=O)N3)C1C. The zero-order chi connectivity index (χ0) is 15.1. The molecule has 0 saturated heterocycles. The van der Waals surface area contributed by atoms with Crippen molar-refractivity contribution in [2.24, 2.45) is 11.8 Å². The van der Waals surface area contributed by atoms with Crippen LogP contribution in [-0.2, 0) is 11.2 Å². The Morgan fingerprint density at radius 2 is 2.10 bits per heavy atom. The average Bonchev–Trinajstić information content (AvgIpc) is 2.93. The van der Waals surface area contributed by atoms with E-state index < -0.39 is 0 Å². The van der Waals surface area contributed by atoms with Gasteiger partial charge in [-0.3, -0.25) is 14.9 Å². The van der Waals surface area contributed by atoms with Crippen LogP contribution in [0.4, 0.5) is 17.1 Å². The van der Waals surface area contributed by atoms with E-state index in [2.05, 4.69) is 24.5 Å². The van der Waals surface area contributed by atoms with E-state index in [1.54, 1.807) is 6.07 Å². The minimum Gasteiger partial charge on any atom is -0.376 e. The van der Waals surface area contributed by atoms with E-state index in [9.17, 15) is 14.9 Å². The minimum absolute atomic E-state index is 0.0528. The van der Waals surface area contributed by atoms with Crippen LogP contribution >= 0.6 is 0 Å². The Morgan fingerprint density at radius 1 is 1.33 bits per heavy atom. The van der Waals surface area contributed by atoms with Gasteiger partial charge >= 0.3 is 0 Å². The number of benzene rings is 1. The maximum absolute atomic E-state index is 11.4. The smallest absolute Gasteiger partial charge is 0.292 e. The zero-order valence-electron chi connectivity index (χ0n) is 12.2. The first-order chi connectivity index (χ1) is 9.95. The molecule has 1 aliphatic heterocycles. The van der Waals surface area contributed by atoms with Gasteiger partial charge in [-0.25, -0.2) is 0 Å². The third kappa shape index (κ3) is 2.46. The lowest BCUT2D eigenvalue weighted by Gasteiger charge is -2.21. The van der Waals surface area contributed by atoms with E-state index in [0.717, 1.165) is 12.8 Å². The van der Waals surface area contributed by atoms with Gasteiger partial charge in [0.15, 0.2) is 0 Å². The predicted molar refractivity (Wildman–Crippen MR) is 80.4 cm³/mol. The highest BCUT2D eigenvalue weighted by atomic mass is 16.6. The molecular weight excluding hydrogens is 270 g/mol. The Bertz CT molecular complexity index is 614. The van der Waals surface area contributed by atoms with Gasteiger partial charge in [0.05, 0.1) is 11.3 Å². The molecule has 3 atom stereocenters. The molecular formula is C15H19N3O3. The van der Waals surface area contributed by atoms with Crippen LogP contribution in [0.25, 0.3) is 0 Å².